The van der Waals surface area contributed by atoms with E-state index in [-0.39, 0.29) is 21.6 Å². The summed E-state index contributed by atoms with van der Waals surface area (Å²) in [6, 6.07) is 33.0. The van der Waals surface area contributed by atoms with Crippen LogP contribution in [-0.4, -0.2) is 63.0 Å². The van der Waals surface area contributed by atoms with Gasteiger partial charge in [-0.1, -0.05) is 74.3 Å². The predicted octanol–water partition coefficient (Wildman–Crippen LogP) is 12.0. The summed E-state index contributed by atoms with van der Waals surface area (Å²) in [6.07, 6.45) is 7.84. The summed E-state index contributed by atoms with van der Waals surface area (Å²) >= 11 is 6.28. The maximum absolute atomic E-state index is 14.2. The zero-order valence-electron chi connectivity index (χ0n) is 36.8. The standard InChI is InChI=1S/C52H58ClN5O4S/c1-34-12-18-39(19-13-34)54-45-23-21-41(30-35(45)2)63(60,61)56-51(59)43-22-20-40(31-49(43)62-48-11-7-10-47-50(48)42-8-5-6-9-46(42)55-47)58-28-26-57(27-29-58)33-37-24-25-52(3,4)32-44(37)36-14-16-38(53)17-15-36/h5-11,14-17,20-23,30-31,34,39,54-55H,12-13,18-19,24-29,32-33H2,1-4H3,(H,56,59). The van der Waals surface area contributed by atoms with Crippen molar-refractivity contribution in [2.75, 3.05) is 42.9 Å². The molecule has 63 heavy (non-hydrogen) atoms. The van der Waals surface area contributed by atoms with E-state index in [4.69, 9.17) is 16.3 Å². The number of amides is 1. The lowest BCUT2D eigenvalue weighted by Crippen LogP contribution is -2.47. The molecular weight excluding hydrogens is 826 g/mol. The van der Waals surface area contributed by atoms with E-state index in [9.17, 15) is 13.2 Å². The molecule has 11 heteroatoms. The van der Waals surface area contributed by atoms with Gasteiger partial charge in [-0.05, 0) is 141 Å². The third-order valence-corrected chi connectivity index (χ3v) is 15.1. The number of sulfonamides is 1. The van der Waals surface area contributed by atoms with Crippen molar-refractivity contribution in [2.24, 2.45) is 11.3 Å². The first-order valence-corrected chi connectivity index (χ1v) is 24.3. The number of hydrogen-bond acceptors (Lipinski definition) is 7. The van der Waals surface area contributed by atoms with Crippen molar-refractivity contribution in [3.8, 4) is 11.5 Å². The lowest BCUT2D eigenvalue weighted by molar-refractivity contribution is 0.0979. The van der Waals surface area contributed by atoms with E-state index in [0.717, 1.165) is 108 Å². The molecule has 1 saturated carbocycles. The Kier molecular flexibility index (Phi) is 12.1. The van der Waals surface area contributed by atoms with Crippen molar-refractivity contribution in [3.63, 3.8) is 0 Å². The zero-order valence-corrected chi connectivity index (χ0v) is 38.3. The molecule has 0 bridgehead atoms. The number of nitrogens with zero attached hydrogens (tertiary/aromatic N) is 2. The molecule has 5 aromatic carbocycles. The van der Waals surface area contributed by atoms with Gasteiger partial charge in [0.25, 0.3) is 15.9 Å². The molecule has 1 amide bonds. The second kappa shape index (κ2) is 17.7. The fraction of sp³-hybridized carbons (Fsp3) is 0.365. The van der Waals surface area contributed by atoms with Crippen LogP contribution in [0.3, 0.4) is 0 Å². The fourth-order valence-electron chi connectivity index (χ4n) is 9.78. The van der Waals surface area contributed by atoms with E-state index in [1.54, 1.807) is 18.2 Å². The molecule has 9 rings (SSSR count). The van der Waals surface area contributed by atoms with Gasteiger partial charge in [0.2, 0.25) is 0 Å². The number of allylic oxidation sites excluding steroid dienone is 1. The van der Waals surface area contributed by atoms with Gasteiger partial charge in [-0.15, -0.1) is 0 Å². The van der Waals surface area contributed by atoms with E-state index in [2.05, 4.69) is 57.7 Å². The smallest absolute Gasteiger partial charge is 0.268 e. The molecule has 0 spiro atoms. The Morgan fingerprint density at radius 1 is 0.857 bits per heavy atom. The Morgan fingerprint density at radius 2 is 1.60 bits per heavy atom. The number of nitrogens with one attached hydrogen (secondary N) is 3. The lowest BCUT2D eigenvalue weighted by atomic mass is 9.72. The van der Waals surface area contributed by atoms with Crippen LogP contribution in [-0.2, 0) is 10.0 Å². The minimum Gasteiger partial charge on any atom is -0.456 e. The third-order valence-electron chi connectivity index (χ3n) is 13.6. The Balaban J connectivity index is 0.967. The Bertz CT molecular complexity index is 2800. The number of ether oxygens (including phenoxy) is 1. The third kappa shape index (κ3) is 9.49. The highest BCUT2D eigenvalue weighted by Gasteiger charge is 2.30. The predicted molar refractivity (Wildman–Crippen MR) is 258 cm³/mol. The van der Waals surface area contributed by atoms with Gasteiger partial charge in [0.15, 0.2) is 0 Å². The number of anilines is 2. The second-order valence-electron chi connectivity index (χ2n) is 18.8. The summed E-state index contributed by atoms with van der Waals surface area (Å²) in [5, 5.41) is 6.25. The first kappa shape index (κ1) is 43.0. The number of aromatic nitrogens is 1. The topological polar surface area (TPSA) is 107 Å². The summed E-state index contributed by atoms with van der Waals surface area (Å²) in [4.78, 5) is 22.6. The summed E-state index contributed by atoms with van der Waals surface area (Å²) in [7, 11) is -4.22. The molecule has 3 aliphatic rings. The van der Waals surface area contributed by atoms with Crippen LogP contribution in [0.5, 0.6) is 11.5 Å². The van der Waals surface area contributed by atoms with Gasteiger partial charge < -0.3 is 19.9 Å². The van der Waals surface area contributed by atoms with Crippen LogP contribution >= 0.6 is 11.6 Å². The zero-order chi connectivity index (χ0) is 43.9. The summed E-state index contributed by atoms with van der Waals surface area (Å²) < 4.78 is 36.9. The van der Waals surface area contributed by atoms with Gasteiger partial charge in [-0.25, -0.2) is 13.1 Å². The van der Waals surface area contributed by atoms with Crippen LogP contribution in [0, 0.1) is 18.3 Å². The molecule has 0 unspecified atom stereocenters. The largest absolute Gasteiger partial charge is 0.456 e. The van der Waals surface area contributed by atoms with E-state index < -0.39 is 15.9 Å². The number of rotatable bonds is 11. The lowest BCUT2D eigenvalue weighted by Gasteiger charge is -2.39. The second-order valence-corrected chi connectivity index (χ2v) is 21.0. The van der Waals surface area contributed by atoms with Gasteiger partial charge in [0.05, 0.1) is 21.4 Å². The van der Waals surface area contributed by atoms with E-state index >= 15 is 0 Å². The van der Waals surface area contributed by atoms with Crippen LogP contribution < -0.4 is 19.7 Å². The van der Waals surface area contributed by atoms with Gasteiger partial charge in [-0.2, -0.15) is 0 Å². The van der Waals surface area contributed by atoms with Gasteiger partial charge >= 0.3 is 0 Å². The number of carbonyl (C=O) groups is 1. The Morgan fingerprint density at radius 3 is 2.37 bits per heavy atom. The maximum atomic E-state index is 14.2. The summed E-state index contributed by atoms with van der Waals surface area (Å²) in [5.41, 5.74) is 9.09. The molecule has 2 aliphatic carbocycles. The summed E-state index contributed by atoms with van der Waals surface area (Å²) in [6.45, 7) is 13.2. The van der Waals surface area contributed by atoms with E-state index in [1.165, 1.54) is 36.0 Å². The molecule has 6 aromatic rings. The van der Waals surface area contributed by atoms with Crippen LogP contribution in [0.1, 0.15) is 87.2 Å². The molecular formula is C52H58ClN5O4S. The van der Waals surface area contributed by atoms with Crippen molar-refractivity contribution in [3.05, 3.63) is 130 Å². The SMILES string of the molecule is Cc1cc(S(=O)(=O)NC(=O)c2ccc(N3CCN(CC4=C(c5ccc(Cl)cc5)CC(C)(C)CC4)CC3)cc2Oc2cccc3[nH]c4ccccc4c23)ccc1NC1CCC(C)CC1. The number of aryl methyl sites for hydroxylation is 1. The number of carbonyl (C=O) groups excluding carboxylic acids is 1. The molecule has 328 valence electrons. The molecule has 3 N–H and O–H groups in total. The van der Waals surface area contributed by atoms with E-state index in [0.29, 0.717) is 11.8 Å². The van der Waals surface area contributed by atoms with Crippen molar-refractivity contribution in [2.45, 2.75) is 83.6 Å². The molecule has 1 aromatic heterocycles. The average Bonchev–Trinajstić information content (AvgIpc) is 3.66. The molecule has 2 fully saturated rings. The number of H-pyrrole nitrogens is 1. The molecule has 1 saturated heterocycles. The minimum atomic E-state index is -4.22. The first-order chi connectivity index (χ1) is 30.3. The molecule has 1 aliphatic heterocycles. The molecule has 9 nitrogen and oxygen atoms in total. The highest BCUT2D eigenvalue weighted by Crippen LogP contribution is 2.44. The average molecular weight is 885 g/mol. The minimum absolute atomic E-state index is 0.0321. The number of halogens is 1. The number of benzene rings is 5. The van der Waals surface area contributed by atoms with E-state index in [1.807, 2.05) is 79.7 Å². The molecule has 2 heterocycles. The molecule has 0 radical (unpaired) electrons. The number of fused-ring (bicyclic) bond motifs is 3. The van der Waals surface area contributed by atoms with Crippen LogP contribution in [0.2, 0.25) is 5.02 Å². The highest BCUT2D eigenvalue weighted by atomic mass is 35.5. The number of hydrogen-bond donors (Lipinski definition) is 3. The Labute approximate surface area is 376 Å². The van der Waals surface area contributed by atoms with Crippen LogP contribution in [0.25, 0.3) is 27.4 Å². The fourth-order valence-corrected chi connectivity index (χ4v) is 11.0. The maximum Gasteiger partial charge on any atom is 0.268 e. The number of aromatic amines is 1. The van der Waals surface area contributed by atoms with Crippen molar-refractivity contribution >= 4 is 66.3 Å². The number of piperazine rings is 1. The van der Waals surface area contributed by atoms with Crippen molar-refractivity contribution in [1.29, 1.82) is 0 Å². The van der Waals surface area contributed by atoms with Gasteiger partial charge in [-0.3, -0.25) is 9.69 Å². The number of para-hydroxylation sites is 1. The monoisotopic (exact) mass is 883 g/mol. The van der Waals surface area contributed by atoms with Gasteiger partial charge in [0.1, 0.15) is 11.5 Å². The van der Waals surface area contributed by atoms with Crippen LogP contribution in [0.15, 0.2) is 114 Å². The van der Waals surface area contributed by atoms with Crippen molar-refractivity contribution < 1.29 is 17.9 Å². The molecule has 0 atom stereocenters. The Hall–Kier alpha value is -5.29. The van der Waals surface area contributed by atoms with Crippen LogP contribution in [0.4, 0.5) is 11.4 Å². The van der Waals surface area contributed by atoms with Crippen molar-refractivity contribution in [1.82, 2.24) is 14.6 Å². The quantitative estimate of drug-likeness (QED) is 0.119. The first-order valence-electron chi connectivity index (χ1n) is 22.5. The summed E-state index contributed by atoms with van der Waals surface area (Å²) in [5.74, 6) is 0.818. The highest BCUT2D eigenvalue weighted by molar-refractivity contribution is 7.90. The van der Waals surface area contributed by atoms with Gasteiger partial charge in [0, 0.05) is 72.1 Å². The normalized spacial score (nSPS) is 19.7.